The van der Waals surface area contributed by atoms with E-state index in [-0.39, 0.29) is 5.56 Å². The first-order valence-electron chi connectivity index (χ1n) is 5.87. The molecular formula is C13H17F2NO. The Morgan fingerprint density at radius 1 is 1.12 bits per heavy atom. The van der Waals surface area contributed by atoms with Crippen molar-refractivity contribution in [2.24, 2.45) is 0 Å². The molecule has 0 bridgehead atoms. The molecule has 94 valence electrons. The molecule has 0 fully saturated rings. The van der Waals surface area contributed by atoms with E-state index in [2.05, 4.69) is 12.2 Å². The van der Waals surface area contributed by atoms with Crippen LogP contribution in [0, 0.1) is 11.6 Å². The average molecular weight is 241 g/mol. The summed E-state index contributed by atoms with van der Waals surface area (Å²) in [6.45, 7) is 2.64. The van der Waals surface area contributed by atoms with Crippen LogP contribution < -0.4 is 5.32 Å². The molecule has 1 rings (SSSR count). The molecule has 0 unspecified atom stereocenters. The van der Waals surface area contributed by atoms with Gasteiger partial charge in [-0.15, -0.1) is 0 Å². The normalized spacial score (nSPS) is 10.3. The van der Waals surface area contributed by atoms with Crippen molar-refractivity contribution >= 4 is 5.91 Å². The Morgan fingerprint density at radius 3 is 2.35 bits per heavy atom. The lowest BCUT2D eigenvalue weighted by atomic mass is 10.2. The van der Waals surface area contributed by atoms with Gasteiger partial charge in [-0.2, -0.15) is 0 Å². The van der Waals surface area contributed by atoms with E-state index >= 15 is 0 Å². The van der Waals surface area contributed by atoms with Crippen LogP contribution in [0.25, 0.3) is 0 Å². The van der Waals surface area contributed by atoms with Gasteiger partial charge >= 0.3 is 0 Å². The summed E-state index contributed by atoms with van der Waals surface area (Å²) in [6.07, 6.45) is 4.19. The molecule has 1 N–H and O–H groups in total. The maximum absolute atomic E-state index is 12.9. The van der Waals surface area contributed by atoms with Crippen molar-refractivity contribution in [1.29, 1.82) is 0 Å². The Hall–Kier alpha value is -1.45. The van der Waals surface area contributed by atoms with E-state index in [0.717, 1.165) is 43.9 Å². The van der Waals surface area contributed by atoms with Crippen molar-refractivity contribution in [1.82, 2.24) is 5.32 Å². The summed E-state index contributed by atoms with van der Waals surface area (Å²) < 4.78 is 25.7. The van der Waals surface area contributed by atoms with Gasteiger partial charge in [-0.25, -0.2) is 8.78 Å². The third-order valence-corrected chi connectivity index (χ3v) is 2.44. The molecule has 0 aliphatic rings. The lowest BCUT2D eigenvalue weighted by molar-refractivity contribution is 0.0952. The van der Waals surface area contributed by atoms with Crippen molar-refractivity contribution in [2.45, 2.75) is 32.6 Å². The highest BCUT2D eigenvalue weighted by Gasteiger charge is 2.08. The van der Waals surface area contributed by atoms with Crippen molar-refractivity contribution in [3.8, 4) is 0 Å². The minimum absolute atomic E-state index is 0.0259. The van der Waals surface area contributed by atoms with Gasteiger partial charge in [0.15, 0.2) is 0 Å². The van der Waals surface area contributed by atoms with Crippen molar-refractivity contribution in [3.63, 3.8) is 0 Å². The van der Waals surface area contributed by atoms with Crippen LogP contribution in [0.2, 0.25) is 0 Å². The zero-order valence-electron chi connectivity index (χ0n) is 9.93. The minimum atomic E-state index is -0.735. The zero-order valence-corrected chi connectivity index (χ0v) is 9.93. The number of halogens is 2. The Kier molecular flexibility index (Phi) is 5.60. The molecule has 1 aromatic carbocycles. The molecule has 0 aromatic heterocycles. The number of unbranched alkanes of at least 4 members (excludes halogenated alkanes) is 3. The van der Waals surface area contributed by atoms with Crippen molar-refractivity contribution < 1.29 is 13.6 Å². The Bertz CT molecular complexity index is 359. The summed E-state index contributed by atoms with van der Waals surface area (Å²) in [5, 5.41) is 2.64. The van der Waals surface area contributed by atoms with E-state index < -0.39 is 17.5 Å². The summed E-state index contributed by atoms with van der Waals surface area (Å²) in [5.41, 5.74) is 0.0259. The lowest BCUT2D eigenvalue weighted by Crippen LogP contribution is -2.24. The van der Waals surface area contributed by atoms with Crippen LogP contribution in [0.5, 0.6) is 0 Å². The number of nitrogens with one attached hydrogen (secondary N) is 1. The zero-order chi connectivity index (χ0) is 12.7. The average Bonchev–Trinajstić information content (AvgIpc) is 2.27. The quantitative estimate of drug-likeness (QED) is 0.761. The Morgan fingerprint density at radius 2 is 1.76 bits per heavy atom. The molecule has 17 heavy (non-hydrogen) atoms. The van der Waals surface area contributed by atoms with Crippen molar-refractivity contribution in [3.05, 3.63) is 35.4 Å². The number of hydrogen-bond acceptors (Lipinski definition) is 1. The molecule has 2 nitrogen and oxygen atoms in total. The second-order valence-corrected chi connectivity index (χ2v) is 3.97. The largest absolute Gasteiger partial charge is 0.352 e. The molecule has 0 aliphatic heterocycles. The molecule has 0 atom stereocenters. The van der Waals surface area contributed by atoms with Gasteiger partial charge in [0.25, 0.3) is 5.91 Å². The molecule has 0 radical (unpaired) electrons. The second-order valence-electron chi connectivity index (χ2n) is 3.97. The van der Waals surface area contributed by atoms with Crippen molar-refractivity contribution in [2.75, 3.05) is 6.54 Å². The van der Waals surface area contributed by atoms with Gasteiger partial charge in [0.05, 0.1) is 0 Å². The van der Waals surface area contributed by atoms with Gasteiger partial charge in [-0.1, -0.05) is 26.2 Å². The van der Waals surface area contributed by atoms with E-state index in [9.17, 15) is 13.6 Å². The third kappa shape index (κ3) is 4.93. The number of hydrogen-bond donors (Lipinski definition) is 1. The molecule has 0 aliphatic carbocycles. The fourth-order valence-corrected chi connectivity index (χ4v) is 1.54. The lowest BCUT2D eigenvalue weighted by Gasteiger charge is -2.05. The summed E-state index contributed by atoms with van der Waals surface area (Å²) in [4.78, 5) is 11.5. The SMILES string of the molecule is CCCCCCNC(=O)c1cc(F)cc(F)c1. The molecule has 4 heteroatoms. The second kappa shape index (κ2) is 6.99. The fourth-order valence-electron chi connectivity index (χ4n) is 1.54. The van der Waals surface area contributed by atoms with Gasteiger partial charge in [0, 0.05) is 18.2 Å². The van der Waals surface area contributed by atoms with Gasteiger partial charge in [-0.3, -0.25) is 4.79 Å². The van der Waals surface area contributed by atoms with Gasteiger partial charge in [-0.05, 0) is 18.6 Å². The highest BCUT2D eigenvalue weighted by Crippen LogP contribution is 2.07. The van der Waals surface area contributed by atoms with Crippen LogP contribution in [-0.2, 0) is 0 Å². The smallest absolute Gasteiger partial charge is 0.251 e. The summed E-state index contributed by atoms with van der Waals surface area (Å²) >= 11 is 0. The van der Waals surface area contributed by atoms with Gasteiger partial charge < -0.3 is 5.32 Å². The molecular weight excluding hydrogens is 224 g/mol. The van der Waals surface area contributed by atoms with Crippen LogP contribution in [0.1, 0.15) is 43.0 Å². The number of rotatable bonds is 6. The van der Waals surface area contributed by atoms with E-state index in [1.54, 1.807) is 0 Å². The van der Waals surface area contributed by atoms with Crippen LogP contribution in [-0.4, -0.2) is 12.5 Å². The first-order valence-corrected chi connectivity index (χ1v) is 5.87. The van der Waals surface area contributed by atoms with Gasteiger partial charge in [0.1, 0.15) is 11.6 Å². The summed E-state index contributed by atoms with van der Waals surface area (Å²) in [6, 6.07) is 2.81. The maximum Gasteiger partial charge on any atom is 0.251 e. The van der Waals surface area contributed by atoms with E-state index in [1.165, 1.54) is 0 Å². The number of carbonyl (C=O) groups is 1. The fraction of sp³-hybridized carbons (Fsp3) is 0.462. The summed E-state index contributed by atoms with van der Waals surface area (Å²) in [7, 11) is 0. The monoisotopic (exact) mass is 241 g/mol. The minimum Gasteiger partial charge on any atom is -0.352 e. The molecule has 0 saturated carbocycles. The first kappa shape index (κ1) is 13.6. The molecule has 0 saturated heterocycles. The van der Waals surface area contributed by atoms with Gasteiger partial charge in [0.2, 0.25) is 0 Å². The predicted molar refractivity (Wildman–Crippen MR) is 62.8 cm³/mol. The molecule has 0 heterocycles. The highest BCUT2D eigenvalue weighted by molar-refractivity contribution is 5.94. The van der Waals surface area contributed by atoms with Crippen LogP contribution >= 0.6 is 0 Å². The predicted octanol–water partition coefficient (Wildman–Crippen LogP) is 3.27. The Balaban J connectivity index is 2.41. The topological polar surface area (TPSA) is 29.1 Å². The summed E-state index contributed by atoms with van der Waals surface area (Å²) in [5.74, 6) is -1.90. The molecule has 0 spiro atoms. The standard InChI is InChI=1S/C13H17F2NO/c1-2-3-4-5-6-16-13(17)10-7-11(14)9-12(15)8-10/h7-9H,2-6H2,1H3,(H,16,17). The van der Waals surface area contributed by atoms with Crippen LogP contribution in [0.4, 0.5) is 8.78 Å². The highest BCUT2D eigenvalue weighted by atomic mass is 19.1. The van der Waals surface area contributed by atoms with E-state index in [0.29, 0.717) is 6.54 Å². The number of carbonyl (C=O) groups excluding carboxylic acids is 1. The van der Waals surface area contributed by atoms with Crippen LogP contribution in [0.3, 0.4) is 0 Å². The molecule has 1 aromatic rings. The number of amides is 1. The number of benzene rings is 1. The first-order chi connectivity index (χ1) is 8.13. The van der Waals surface area contributed by atoms with Crippen LogP contribution in [0.15, 0.2) is 18.2 Å². The Labute approximate surface area is 100 Å². The maximum atomic E-state index is 12.9. The van der Waals surface area contributed by atoms with E-state index in [1.807, 2.05) is 0 Å². The van der Waals surface area contributed by atoms with E-state index in [4.69, 9.17) is 0 Å². The third-order valence-electron chi connectivity index (χ3n) is 2.44. The molecule has 1 amide bonds.